The van der Waals surface area contributed by atoms with Crippen LogP contribution in [0.4, 0.5) is 4.39 Å². The fraction of sp³-hybridized carbons (Fsp3) is 0.571. The lowest BCUT2D eigenvalue weighted by molar-refractivity contribution is -0.227. The third-order valence-corrected chi connectivity index (χ3v) is 11.3. The highest BCUT2D eigenvalue weighted by Gasteiger charge is 2.87. The van der Waals surface area contributed by atoms with Crippen LogP contribution in [0.25, 0.3) is 6.08 Å². The quantitative estimate of drug-likeness (QED) is 0.105. The summed E-state index contributed by atoms with van der Waals surface area (Å²) in [6.45, 7) is 6.64. The van der Waals surface area contributed by atoms with Gasteiger partial charge >= 0.3 is 11.9 Å². The molecule has 0 amide bonds. The van der Waals surface area contributed by atoms with Gasteiger partial charge in [-0.3, -0.25) is 9.59 Å². The van der Waals surface area contributed by atoms with Gasteiger partial charge in [0, 0.05) is 53.3 Å². The minimum Gasteiger partial charge on any atom is -0.455 e. The molecule has 1 aromatic carbocycles. The van der Waals surface area contributed by atoms with E-state index in [-0.39, 0.29) is 12.8 Å². The van der Waals surface area contributed by atoms with Gasteiger partial charge in [-0.15, -0.1) is 0 Å². The number of carbonyl (C=O) groups is 3. The molecule has 2 saturated carbocycles. The number of alkyl halides is 1. The van der Waals surface area contributed by atoms with E-state index in [1.165, 1.54) is 36.4 Å². The molecule has 0 bridgehead atoms. The third-order valence-electron chi connectivity index (χ3n) is 10.8. The number of carbonyl (C=O) groups excluding carboxylic acids is 3. The van der Waals surface area contributed by atoms with Crippen molar-refractivity contribution in [2.24, 2.45) is 29.1 Å². The first-order valence-electron chi connectivity index (χ1n) is 15.6. The van der Waals surface area contributed by atoms with Gasteiger partial charge in [0.05, 0.1) is 12.2 Å². The number of ketones is 1. The second kappa shape index (κ2) is 12.2. The van der Waals surface area contributed by atoms with E-state index in [0.717, 1.165) is 18.2 Å². The molecular formula is C35H42BrFO8. The highest BCUT2D eigenvalue weighted by atomic mass is 79.9. The zero-order valence-electron chi connectivity index (χ0n) is 26.1. The summed E-state index contributed by atoms with van der Waals surface area (Å²) in [6.07, 6.45) is 7.22. The molecule has 0 aromatic heterocycles. The molecular weight excluding hydrogens is 647 g/mol. The summed E-state index contributed by atoms with van der Waals surface area (Å²) < 4.78 is 25.9. The van der Waals surface area contributed by atoms with E-state index in [0.29, 0.717) is 23.1 Å². The lowest BCUT2D eigenvalue weighted by Gasteiger charge is -2.53. The van der Waals surface area contributed by atoms with E-state index in [2.05, 4.69) is 15.9 Å². The first-order chi connectivity index (χ1) is 21.2. The van der Waals surface area contributed by atoms with Gasteiger partial charge in [0.15, 0.2) is 11.4 Å². The molecule has 244 valence electrons. The Morgan fingerprint density at radius 2 is 1.80 bits per heavy atom. The molecule has 0 heterocycles. The highest BCUT2D eigenvalue weighted by molar-refractivity contribution is 9.09. The fourth-order valence-corrected chi connectivity index (χ4v) is 8.90. The Morgan fingerprint density at radius 1 is 1.11 bits per heavy atom. The number of esters is 2. The summed E-state index contributed by atoms with van der Waals surface area (Å²) in [5, 5.41) is 35.8. The molecule has 10 heteroatoms. The van der Waals surface area contributed by atoms with Crippen molar-refractivity contribution in [3.63, 3.8) is 0 Å². The fourth-order valence-electron chi connectivity index (χ4n) is 8.51. The van der Waals surface area contributed by atoms with E-state index in [4.69, 9.17) is 9.47 Å². The van der Waals surface area contributed by atoms with Crippen LogP contribution < -0.4 is 0 Å². The average molecular weight is 690 g/mol. The minimum absolute atomic E-state index is 0.162. The molecule has 0 spiro atoms. The van der Waals surface area contributed by atoms with Gasteiger partial charge in [0.2, 0.25) is 0 Å². The van der Waals surface area contributed by atoms with Crippen molar-refractivity contribution in [3.05, 3.63) is 65.0 Å². The van der Waals surface area contributed by atoms with Crippen molar-refractivity contribution < 1.29 is 43.6 Å². The first-order valence-corrected chi connectivity index (χ1v) is 16.7. The van der Waals surface area contributed by atoms with Crippen LogP contribution in [0.2, 0.25) is 0 Å². The molecule has 0 radical (unpaired) electrons. The van der Waals surface area contributed by atoms with Crippen LogP contribution >= 0.6 is 15.9 Å². The van der Waals surface area contributed by atoms with E-state index in [1.54, 1.807) is 26.0 Å². The van der Waals surface area contributed by atoms with Crippen molar-refractivity contribution >= 4 is 39.7 Å². The van der Waals surface area contributed by atoms with Crippen LogP contribution in [0.15, 0.2) is 53.6 Å². The first kappa shape index (κ1) is 33.7. The molecule has 45 heavy (non-hydrogen) atoms. The maximum absolute atomic E-state index is 13.4. The molecule has 8 nitrogen and oxygen atoms in total. The number of unbranched alkanes of at least 4 members (excludes halogenated alkanes) is 2. The summed E-state index contributed by atoms with van der Waals surface area (Å²) in [4.78, 5) is 40.1. The SMILES string of the molecule is CC1=C[C@H]2[C@@]3(O)[C@H](C)[C@@H](OC(=O)/C=C/c4ccc(F)cc4)[C@]4(OC(=O)CCCCCBr)[C@H]([C@@H]3C=C(CO)C[C@]2(O)C1=O)C4(C)C. The van der Waals surface area contributed by atoms with Crippen molar-refractivity contribution in [2.75, 3.05) is 11.9 Å². The molecule has 1 aromatic rings. The monoisotopic (exact) mass is 688 g/mol. The predicted molar refractivity (Wildman–Crippen MR) is 168 cm³/mol. The van der Waals surface area contributed by atoms with Crippen LogP contribution in [-0.4, -0.2) is 67.9 Å². The Morgan fingerprint density at radius 3 is 2.44 bits per heavy atom. The number of ether oxygens (including phenoxy) is 2. The lowest BCUT2D eigenvalue weighted by Crippen LogP contribution is -2.66. The topological polar surface area (TPSA) is 130 Å². The van der Waals surface area contributed by atoms with Gasteiger partial charge in [0.25, 0.3) is 0 Å². The van der Waals surface area contributed by atoms with Crippen LogP contribution in [-0.2, 0) is 23.9 Å². The van der Waals surface area contributed by atoms with Crippen molar-refractivity contribution in [1.29, 1.82) is 0 Å². The minimum atomic E-state index is -2.00. The zero-order valence-corrected chi connectivity index (χ0v) is 27.7. The molecule has 4 aliphatic carbocycles. The standard InChI is InChI=1S/C35H42BrFO8/c1-20-16-26-33(42,30(20)41)18-23(19-38)17-25-29-32(3,4)35(29,45-28(40)8-6-5-7-15-36)31(21(2)34(25,26)43)44-27(39)14-11-22-9-12-24(37)13-10-22/h9-14,16-17,21,25-26,29,31,38,42-43H,5-8,15,18-19H2,1-4H3/b14-11+/t21-,25+,26-,29-,31-,33-,34-,35-/m1/s1. The second-order valence-corrected chi connectivity index (χ2v) is 14.4. The number of aliphatic hydroxyl groups is 3. The third kappa shape index (κ3) is 5.35. The maximum atomic E-state index is 13.4. The maximum Gasteiger partial charge on any atom is 0.331 e. The normalized spacial score (nSPS) is 36.3. The number of rotatable bonds is 10. The summed E-state index contributed by atoms with van der Waals surface area (Å²) >= 11 is 3.40. The number of Topliss-reactive ketones (excluding diaryl/α,β-unsaturated/α-hetero) is 1. The van der Waals surface area contributed by atoms with Gasteiger partial charge in [-0.2, -0.15) is 0 Å². The second-order valence-electron chi connectivity index (χ2n) is 13.7. The van der Waals surface area contributed by atoms with Crippen molar-refractivity contribution in [3.8, 4) is 0 Å². The number of hydrogen-bond acceptors (Lipinski definition) is 8. The van der Waals surface area contributed by atoms with Gasteiger partial charge in [-0.05, 0) is 54.7 Å². The Kier molecular flexibility index (Phi) is 9.12. The molecule has 8 atom stereocenters. The van der Waals surface area contributed by atoms with E-state index in [9.17, 15) is 34.1 Å². The molecule has 4 aliphatic rings. The number of hydrogen-bond donors (Lipinski definition) is 3. The van der Waals surface area contributed by atoms with Gasteiger partial charge < -0.3 is 24.8 Å². The Balaban J connectivity index is 1.57. The molecule has 0 saturated heterocycles. The van der Waals surface area contributed by atoms with Crippen LogP contribution in [0, 0.1) is 34.9 Å². The van der Waals surface area contributed by atoms with Gasteiger partial charge in [-0.1, -0.05) is 67.4 Å². The molecule has 0 aliphatic heterocycles. The summed E-state index contributed by atoms with van der Waals surface area (Å²) in [5.74, 6) is -5.43. The molecule has 3 N–H and O–H groups in total. The largest absolute Gasteiger partial charge is 0.455 e. The molecule has 0 unspecified atom stereocenters. The van der Waals surface area contributed by atoms with Crippen molar-refractivity contribution in [1.82, 2.24) is 0 Å². The van der Waals surface area contributed by atoms with Gasteiger partial charge in [-0.25, -0.2) is 9.18 Å². The predicted octanol–water partition coefficient (Wildman–Crippen LogP) is 4.84. The van der Waals surface area contributed by atoms with E-state index in [1.807, 2.05) is 13.8 Å². The highest BCUT2D eigenvalue weighted by Crippen LogP contribution is 2.77. The van der Waals surface area contributed by atoms with Crippen molar-refractivity contribution in [2.45, 2.75) is 82.7 Å². The van der Waals surface area contributed by atoms with Crippen LogP contribution in [0.1, 0.15) is 65.4 Å². The van der Waals surface area contributed by atoms with E-state index < -0.39 is 82.1 Å². The number of aliphatic hydroxyl groups excluding tert-OH is 1. The Hall–Kier alpha value is -2.66. The summed E-state index contributed by atoms with van der Waals surface area (Å²) in [5.41, 5.74) is -4.66. The smallest absolute Gasteiger partial charge is 0.331 e. The Labute approximate surface area is 271 Å². The molecule has 5 rings (SSSR count). The summed E-state index contributed by atoms with van der Waals surface area (Å²) in [6, 6.07) is 5.57. The van der Waals surface area contributed by atoms with Gasteiger partial charge in [0.1, 0.15) is 17.5 Å². The van der Waals surface area contributed by atoms with Crippen LogP contribution in [0.5, 0.6) is 0 Å². The number of benzene rings is 1. The average Bonchev–Trinajstić information content (AvgIpc) is 3.42. The lowest BCUT2D eigenvalue weighted by atomic mass is 9.59. The zero-order chi connectivity index (χ0) is 32.9. The number of fused-ring (bicyclic) bond motifs is 5. The van der Waals surface area contributed by atoms with Crippen LogP contribution in [0.3, 0.4) is 0 Å². The Bertz CT molecular complexity index is 1450. The summed E-state index contributed by atoms with van der Waals surface area (Å²) in [7, 11) is 0. The number of halogens is 2. The van der Waals surface area contributed by atoms with E-state index >= 15 is 0 Å². The molecule has 2 fully saturated rings.